The zero-order valence-electron chi connectivity index (χ0n) is 19.7. The van der Waals surface area contributed by atoms with Gasteiger partial charge in [0.05, 0.1) is 35.2 Å². The van der Waals surface area contributed by atoms with E-state index < -0.39 is 16.8 Å². The van der Waals surface area contributed by atoms with Crippen molar-refractivity contribution < 1.29 is 19.2 Å². The van der Waals surface area contributed by atoms with Crippen molar-refractivity contribution in [3.05, 3.63) is 78.6 Å². The number of carbonyl (C=O) groups is 2. The summed E-state index contributed by atoms with van der Waals surface area (Å²) in [5.74, 6) is -1.12. The number of non-ortho nitro benzene ring substituents is 1. The summed E-state index contributed by atoms with van der Waals surface area (Å²) < 4.78 is 5.14. The van der Waals surface area contributed by atoms with E-state index in [9.17, 15) is 25.0 Å². The lowest BCUT2D eigenvalue weighted by molar-refractivity contribution is -0.384. The maximum Gasteiger partial charge on any atom is 0.341 e. The predicted molar refractivity (Wildman–Crippen MR) is 133 cm³/mol. The number of thiophene rings is 1. The van der Waals surface area contributed by atoms with Crippen molar-refractivity contribution in [1.29, 1.82) is 5.26 Å². The highest BCUT2D eigenvalue weighted by Crippen LogP contribution is 2.50. The average molecular weight is 505 g/mol. The highest BCUT2D eigenvalue weighted by atomic mass is 32.1. The Balaban J connectivity index is 1.74. The summed E-state index contributed by atoms with van der Waals surface area (Å²) in [6.45, 7) is 0. The monoisotopic (exact) mass is 504 g/mol. The molecule has 9 nitrogen and oxygen atoms in total. The number of esters is 1. The fourth-order valence-corrected chi connectivity index (χ4v) is 6.88. The lowest BCUT2D eigenvalue weighted by atomic mass is 9.75. The number of nitro groups is 1. The second kappa shape index (κ2) is 9.24. The Bertz CT molecular complexity index is 1400. The number of methoxy groups -OCH3 is 1. The molecule has 2 aliphatic carbocycles. The third-order valence-electron chi connectivity index (χ3n) is 7.10. The molecule has 3 aliphatic rings. The molecular formula is C26H24N4O5S. The van der Waals surface area contributed by atoms with E-state index in [0.717, 1.165) is 36.1 Å². The van der Waals surface area contributed by atoms with Crippen molar-refractivity contribution in [2.24, 2.45) is 5.73 Å². The molecule has 0 unspecified atom stereocenters. The van der Waals surface area contributed by atoms with Gasteiger partial charge in [-0.15, -0.1) is 11.3 Å². The maximum atomic E-state index is 13.3. The van der Waals surface area contributed by atoms with Crippen molar-refractivity contribution in [2.45, 2.75) is 50.9 Å². The van der Waals surface area contributed by atoms with E-state index >= 15 is 0 Å². The number of hydrogen-bond donors (Lipinski definition) is 1. The van der Waals surface area contributed by atoms with Crippen LogP contribution < -0.4 is 10.6 Å². The molecule has 1 atom stereocenters. The number of nitrogens with zero attached hydrogens (tertiary/aromatic N) is 3. The normalized spacial score (nSPS) is 19.5. The van der Waals surface area contributed by atoms with Gasteiger partial charge in [0.1, 0.15) is 10.8 Å². The molecular weight excluding hydrogens is 480 g/mol. The summed E-state index contributed by atoms with van der Waals surface area (Å²) in [7, 11) is 1.34. The van der Waals surface area contributed by atoms with Crippen molar-refractivity contribution in [1.82, 2.24) is 0 Å². The topological polar surface area (TPSA) is 140 Å². The molecule has 0 amide bonds. The number of fused-ring (bicyclic) bond motifs is 1. The second-order valence-corrected chi connectivity index (χ2v) is 10.1. The molecule has 2 aromatic rings. The first kappa shape index (κ1) is 23.8. The Morgan fingerprint density at radius 1 is 1.19 bits per heavy atom. The third-order valence-corrected chi connectivity index (χ3v) is 8.37. The maximum absolute atomic E-state index is 13.3. The number of carbonyl (C=O) groups excluding carboxylic acids is 2. The van der Waals surface area contributed by atoms with Crippen LogP contribution in [0.3, 0.4) is 0 Å². The molecule has 0 bridgehead atoms. The molecule has 2 N–H and O–H groups in total. The molecule has 2 heterocycles. The third kappa shape index (κ3) is 3.67. The van der Waals surface area contributed by atoms with Crippen LogP contribution in [0.25, 0.3) is 0 Å². The molecule has 36 heavy (non-hydrogen) atoms. The van der Waals surface area contributed by atoms with Gasteiger partial charge in [-0.3, -0.25) is 19.8 Å². The molecule has 1 aromatic carbocycles. The Hall–Kier alpha value is -3.97. The van der Waals surface area contributed by atoms with Gasteiger partial charge >= 0.3 is 5.97 Å². The van der Waals surface area contributed by atoms with Crippen LogP contribution >= 0.6 is 11.3 Å². The summed E-state index contributed by atoms with van der Waals surface area (Å²) in [4.78, 5) is 39.8. The van der Waals surface area contributed by atoms with Crippen LogP contribution in [0.4, 0.5) is 10.7 Å². The summed E-state index contributed by atoms with van der Waals surface area (Å²) in [6, 6.07) is 8.06. The minimum absolute atomic E-state index is 0.0808. The molecule has 0 fully saturated rings. The minimum Gasteiger partial charge on any atom is -0.465 e. The number of nitriles is 1. The molecule has 1 aromatic heterocycles. The van der Waals surface area contributed by atoms with E-state index in [1.54, 1.807) is 17.0 Å². The van der Waals surface area contributed by atoms with Gasteiger partial charge in [0.2, 0.25) is 0 Å². The number of hydrogen-bond acceptors (Lipinski definition) is 9. The standard InChI is InChI=1S/C26H24N4O5S/c1-35-26(32)22-16-5-2-3-8-20(16)36-25(22)29-18-6-4-7-19(31)23(18)21(17(13-27)24(29)28)14-9-11-15(12-10-14)30(33)34/h9-12,21H,2-8,28H2,1H3/t21-/m1/s1. The second-order valence-electron chi connectivity index (χ2n) is 9.05. The van der Waals surface area contributed by atoms with E-state index in [2.05, 4.69) is 6.07 Å². The number of nitrogens with two attached hydrogens (primary N) is 1. The number of allylic oxidation sites excluding steroid dienone is 3. The van der Waals surface area contributed by atoms with Crippen LogP contribution in [0.1, 0.15) is 64.4 Å². The molecule has 184 valence electrons. The Morgan fingerprint density at radius 2 is 1.92 bits per heavy atom. The Kier molecular flexibility index (Phi) is 6.10. The van der Waals surface area contributed by atoms with Gasteiger partial charge in [-0.1, -0.05) is 12.1 Å². The van der Waals surface area contributed by atoms with Gasteiger partial charge in [0.15, 0.2) is 5.78 Å². The predicted octanol–water partition coefficient (Wildman–Crippen LogP) is 4.63. The van der Waals surface area contributed by atoms with Crippen molar-refractivity contribution >= 4 is 33.8 Å². The fraction of sp³-hybridized carbons (Fsp3) is 0.346. The Morgan fingerprint density at radius 3 is 2.58 bits per heavy atom. The van der Waals surface area contributed by atoms with E-state index in [-0.39, 0.29) is 22.9 Å². The number of nitro benzene ring substituents is 1. The summed E-state index contributed by atoms with van der Waals surface area (Å²) in [5, 5.41) is 22.0. The van der Waals surface area contributed by atoms with Gasteiger partial charge in [0.25, 0.3) is 5.69 Å². The molecule has 0 saturated heterocycles. The zero-order valence-corrected chi connectivity index (χ0v) is 20.5. The van der Waals surface area contributed by atoms with Gasteiger partial charge in [-0.05, 0) is 49.7 Å². The summed E-state index contributed by atoms with van der Waals surface area (Å²) in [5.41, 5.74) is 9.91. The van der Waals surface area contributed by atoms with Crippen LogP contribution in [-0.2, 0) is 22.4 Å². The van der Waals surface area contributed by atoms with Crippen LogP contribution in [0.2, 0.25) is 0 Å². The van der Waals surface area contributed by atoms with Gasteiger partial charge in [-0.25, -0.2) is 4.79 Å². The first-order valence-electron chi connectivity index (χ1n) is 11.8. The summed E-state index contributed by atoms with van der Waals surface area (Å²) >= 11 is 1.47. The molecule has 10 heteroatoms. The van der Waals surface area contributed by atoms with E-state index in [1.807, 2.05) is 0 Å². The molecule has 5 rings (SSSR count). The van der Waals surface area contributed by atoms with E-state index in [4.69, 9.17) is 10.5 Å². The van der Waals surface area contributed by atoms with Crippen LogP contribution in [-0.4, -0.2) is 23.8 Å². The largest absolute Gasteiger partial charge is 0.465 e. The van der Waals surface area contributed by atoms with Crippen molar-refractivity contribution in [3.63, 3.8) is 0 Å². The van der Waals surface area contributed by atoms with Crippen LogP contribution in [0, 0.1) is 21.4 Å². The zero-order chi connectivity index (χ0) is 25.6. The van der Waals surface area contributed by atoms with Gasteiger partial charge in [0, 0.05) is 34.7 Å². The highest BCUT2D eigenvalue weighted by molar-refractivity contribution is 7.16. The number of ether oxygens (including phenoxy) is 1. The number of anilines is 1. The van der Waals surface area contributed by atoms with Crippen LogP contribution in [0.5, 0.6) is 0 Å². The number of ketones is 1. The van der Waals surface area contributed by atoms with E-state index in [1.165, 1.54) is 30.6 Å². The number of rotatable bonds is 4. The minimum atomic E-state index is -0.731. The number of benzene rings is 1. The Labute approximate surface area is 211 Å². The first-order valence-corrected chi connectivity index (χ1v) is 12.6. The SMILES string of the molecule is COC(=O)c1c(N2C(N)=C(C#N)[C@@H](c3ccc([N+](=O)[O-])cc3)C3=C2CCCC3=O)sc2c1CCCC2. The number of Topliss-reactive ketones (excluding diaryl/α,β-unsaturated/α-hetero) is 1. The highest BCUT2D eigenvalue weighted by Gasteiger charge is 2.42. The average Bonchev–Trinajstić information content (AvgIpc) is 3.26. The van der Waals surface area contributed by atoms with Crippen molar-refractivity contribution in [2.75, 3.05) is 12.0 Å². The molecule has 1 aliphatic heterocycles. The lowest BCUT2D eigenvalue weighted by Crippen LogP contribution is -2.39. The smallest absolute Gasteiger partial charge is 0.341 e. The van der Waals surface area contributed by atoms with Crippen molar-refractivity contribution in [3.8, 4) is 6.07 Å². The molecule has 0 spiro atoms. The molecule has 0 saturated carbocycles. The van der Waals surface area contributed by atoms with Gasteiger partial charge in [-0.2, -0.15) is 5.26 Å². The lowest BCUT2D eigenvalue weighted by Gasteiger charge is -2.39. The van der Waals surface area contributed by atoms with Crippen LogP contribution in [0.15, 0.2) is 46.9 Å². The van der Waals surface area contributed by atoms with E-state index in [0.29, 0.717) is 46.7 Å². The molecule has 0 radical (unpaired) electrons. The first-order chi connectivity index (χ1) is 17.4. The summed E-state index contributed by atoms with van der Waals surface area (Å²) in [6.07, 6.45) is 5.10. The van der Waals surface area contributed by atoms with Gasteiger partial charge < -0.3 is 10.5 Å². The quantitative estimate of drug-likeness (QED) is 0.361. The number of aryl methyl sites for hydroxylation is 1. The fourth-order valence-electron chi connectivity index (χ4n) is 5.46.